The minimum Gasteiger partial charge on any atom is -0.493 e. The van der Waals surface area contributed by atoms with Crippen molar-refractivity contribution in [3.8, 4) is 16.3 Å². The van der Waals surface area contributed by atoms with E-state index in [1.54, 1.807) is 29.7 Å². The minimum absolute atomic E-state index is 0.199. The van der Waals surface area contributed by atoms with Gasteiger partial charge in [0.15, 0.2) is 5.65 Å². The van der Waals surface area contributed by atoms with Crippen molar-refractivity contribution in [2.75, 3.05) is 5.32 Å². The van der Waals surface area contributed by atoms with Gasteiger partial charge in [-0.2, -0.15) is 19.6 Å². The molecule has 4 heterocycles. The van der Waals surface area contributed by atoms with Gasteiger partial charge in [0.1, 0.15) is 11.5 Å². The Morgan fingerprint density at radius 2 is 2.17 bits per heavy atom. The minimum atomic E-state index is -0.521. The third kappa shape index (κ3) is 4.30. The van der Waals surface area contributed by atoms with Gasteiger partial charge in [-0.25, -0.2) is 14.2 Å². The zero-order chi connectivity index (χ0) is 23.9. The zero-order valence-electron chi connectivity index (χ0n) is 18.2. The Kier molecular flexibility index (Phi) is 5.14. The predicted molar refractivity (Wildman–Crippen MR) is 128 cm³/mol. The van der Waals surface area contributed by atoms with Crippen LogP contribution in [0, 0.1) is 5.82 Å². The topological polar surface area (TPSA) is 136 Å². The van der Waals surface area contributed by atoms with Crippen molar-refractivity contribution >= 4 is 29.0 Å². The first-order chi connectivity index (χ1) is 17.0. The summed E-state index contributed by atoms with van der Waals surface area (Å²) in [5, 5.41) is 20.1. The van der Waals surface area contributed by atoms with Crippen molar-refractivity contribution < 1.29 is 9.50 Å². The van der Waals surface area contributed by atoms with E-state index in [2.05, 4.69) is 35.3 Å². The van der Waals surface area contributed by atoms with Crippen LogP contribution in [-0.2, 0) is 6.54 Å². The van der Waals surface area contributed by atoms with Crippen LogP contribution in [0.15, 0.2) is 51.7 Å². The van der Waals surface area contributed by atoms with Crippen LogP contribution in [0.1, 0.15) is 24.1 Å². The summed E-state index contributed by atoms with van der Waals surface area (Å²) in [4.78, 5) is 31.1. The van der Waals surface area contributed by atoms with E-state index in [0.29, 0.717) is 29.0 Å². The molecule has 5 aromatic rings. The molecule has 1 aliphatic carbocycles. The highest BCUT2D eigenvalue weighted by molar-refractivity contribution is 7.13. The molecule has 0 radical (unpaired) electrons. The lowest BCUT2D eigenvalue weighted by molar-refractivity contribution is 0.454. The molecule has 35 heavy (non-hydrogen) atoms. The van der Waals surface area contributed by atoms with Gasteiger partial charge < -0.3 is 15.4 Å². The monoisotopic (exact) mass is 490 g/mol. The zero-order valence-corrected chi connectivity index (χ0v) is 19.0. The van der Waals surface area contributed by atoms with Crippen molar-refractivity contribution in [3.63, 3.8) is 0 Å². The van der Waals surface area contributed by atoms with Gasteiger partial charge >= 0.3 is 5.69 Å². The summed E-state index contributed by atoms with van der Waals surface area (Å²) in [6.07, 6.45) is 5.13. The molecule has 4 aromatic heterocycles. The van der Waals surface area contributed by atoms with Crippen LogP contribution in [0.25, 0.3) is 22.2 Å². The van der Waals surface area contributed by atoms with Crippen molar-refractivity contribution in [2.45, 2.75) is 25.4 Å². The number of nitrogens with one attached hydrogen (secondary N) is 3. The number of H-pyrrole nitrogens is 2. The summed E-state index contributed by atoms with van der Waals surface area (Å²) >= 11 is 1.54. The molecule has 1 aliphatic rings. The maximum absolute atomic E-state index is 14.0. The van der Waals surface area contributed by atoms with E-state index in [-0.39, 0.29) is 23.4 Å². The summed E-state index contributed by atoms with van der Waals surface area (Å²) in [6.45, 7) is 0.367. The van der Waals surface area contributed by atoms with Crippen LogP contribution in [0.2, 0.25) is 0 Å². The van der Waals surface area contributed by atoms with Crippen LogP contribution >= 0.6 is 11.3 Å². The van der Waals surface area contributed by atoms with Crippen LogP contribution < -0.4 is 21.8 Å². The van der Waals surface area contributed by atoms with Crippen molar-refractivity contribution in [1.82, 2.24) is 29.5 Å². The first kappa shape index (κ1) is 21.2. The van der Waals surface area contributed by atoms with Crippen LogP contribution in [0.5, 0.6) is 5.88 Å². The molecule has 0 amide bonds. The van der Waals surface area contributed by atoms with Gasteiger partial charge in [-0.3, -0.25) is 4.98 Å². The number of rotatable bonds is 6. The fourth-order valence-corrected chi connectivity index (χ4v) is 4.48. The Balaban J connectivity index is 1.41. The standard InChI is InChI=1S/C23H19FN8O2S/c24-14-4-3-12(16(9-14)18-2-1-7-35-18)10-25-21-29-19-13(8-17-20(33)30-23(34)28-17)11-26-32(19)22(31-21)27-15-5-6-15/h1-4,7-9,11,15,33H,5-6,10H2,(H,25,27,31)(H2,28,30,34). The SMILES string of the molecule is O=c1[nH]c(O)c(C=c2cnn3c(=NC4CC4)nc(NCc4ccc(F)cc4-c4cccs4)nc23)[nH]1. The molecule has 10 nitrogen and oxygen atoms in total. The molecule has 0 aliphatic heterocycles. The predicted octanol–water partition coefficient (Wildman–Crippen LogP) is 1.94. The highest BCUT2D eigenvalue weighted by Crippen LogP contribution is 2.29. The summed E-state index contributed by atoms with van der Waals surface area (Å²) in [7, 11) is 0. The molecular weight excluding hydrogens is 471 g/mol. The van der Waals surface area contributed by atoms with Gasteiger partial charge in [0.2, 0.25) is 11.8 Å². The maximum Gasteiger partial charge on any atom is 0.326 e. The number of anilines is 1. The van der Waals surface area contributed by atoms with E-state index in [4.69, 9.17) is 0 Å². The molecule has 0 unspecified atom stereocenters. The number of imidazole rings is 1. The third-order valence-corrected chi connectivity index (χ3v) is 6.46. The second kappa shape index (κ2) is 8.47. The molecule has 176 valence electrons. The number of fused-ring (bicyclic) bond motifs is 1. The van der Waals surface area contributed by atoms with E-state index >= 15 is 0 Å². The van der Waals surface area contributed by atoms with Gasteiger partial charge in [-0.05, 0) is 53.6 Å². The number of nitrogens with zero attached hydrogens (tertiary/aromatic N) is 5. The Morgan fingerprint density at radius 3 is 2.91 bits per heavy atom. The van der Waals surface area contributed by atoms with Crippen molar-refractivity contribution in [1.29, 1.82) is 0 Å². The van der Waals surface area contributed by atoms with Gasteiger partial charge in [-0.15, -0.1) is 11.3 Å². The third-order valence-electron chi connectivity index (χ3n) is 5.55. The number of aromatic nitrogens is 6. The second-order valence-corrected chi connectivity index (χ2v) is 9.11. The Labute approximate surface area is 200 Å². The second-order valence-electron chi connectivity index (χ2n) is 8.16. The van der Waals surface area contributed by atoms with E-state index in [9.17, 15) is 14.3 Å². The molecule has 12 heteroatoms. The number of aromatic hydroxyl groups is 1. The summed E-state index contributed by atoms with van der Waals surface area (Å²) < 4.78 is 15.5. The Morgan fingerprint density at radius 1 is 1.29 bits per heavy atom. The van der Waals surface area contributed by atoms with Crippen LogP contribution in [0.4, 0.5) is 10.3 Å². The normalized spacial score (nSPS) is 14.8. The summed E-state index contributed by atoms with van der Waals surface area (Å²) in [5.41, 5.74) is 2.26. The van der Waals surface area contributed by atoms with Crippen molar-refractivity contribution in [2.24, 2.45) is 4.99 Å². The highest BCUT2D eigenvalue weighted by Gasteiger charge is 2.21. The lowest BCUT2D eigenvalue weighted by atomic mass is 10.1. The number of aromatic amines is 2. The molecule has 6 rings (SSSR count). The van der Waals surface area contributed by atoms with E-state index in [0.717, 1.165) is 28.8 Å². The molecule has 1 saturated carbocycles. The fraction of sp³-hybridized carbons (Fsp3) is 0.174. The molecule has 0 saturated heterocycles. The lowest BCUT2D eigenvalue weighted by Gasteiger charge is -2.10. The van der Waals surface area contributed by atoms with E-state index in [1.807, 2.05) is 17.5 Å². The maximum atomic E-state index is 14.0. The molecular formula is C23H19FN8O2S. The number of hydrogen-bond acceptors (Lipinski definition) is 8. The molecule has 0 spiro atoms. The van der Waals surface area contributed by atoms with Crippen LogP contribution in [-0.4, -0.2) is 40.7 Å². The van der Waals surface area contributed by atoms with E-state index < -0.39 is 5.69 Å². The highest BCUT2D eigenvalue weighted by atomic mass is 32.1. The average molecular weight is 491 g/mol. The largest absolute Gasteiger partial charge is 0.493 e. The molecule has 1 fully saturated rings. The quantitative estimate of drug-likeness (QED) is 0.287. The molecule has 4 N–H and O–H groups in total. The number of hydrogen-bond donors (Lipinski definition) is 4. The molecule has 1 aromatic carbocycles. The van der Waals surface area contributed by atoms with Crippen LogP contribution in [0.3, 0.4) is 0 Å². The van der Waals surface area contributed by atoms with Gasteiger partial charge in [0.05, 0.1) is 12.2 Å². The number of benzene rings is 1. The first-order valence-electron chi connectivity index (χ1n) is 10.9. The van der Waals surface area contributed by atoms with Gasteiger partial charge in [0.25, 0.3) is 5.62 Å². The Hall–Kier alpha value is -4.32. The molecule has 0 bridgehead atoms. The molecule has 0 atom stereocenters. The lowest BCUT2D eigenvalue weighted by Crippen LogP contribution is -2.24. The average Bonchev–Trinajstić information content (AvgIpc) is 3.19. The Bertz CT molecular complexity index is 1720. The van der Waals surface area contributed by atoms with Gasteiger partial charge in [-0.1, -0.05) is 12.1 Å². The number of thiophene rings is 1. The smallest absolute Gasteiger partial charge is 0.326 e. The fourth-order valence-electron chi connectivity index (χ4n) is 3.70. The van der Waals surface area contributed by atoms with Gasteiger partial charge in [0, 0.05) is 16.6 Å². The first-order valence-corrected chi connectivity index (χ1v) is 11.8. The number of halogens is 1. The summed E-state index contributed by atoms with van der Waals surface area (Å²) in [6, 6.07) is 8.78. The van der Waals surface area contributed by atoms with E-state index in [1.165, 1.54) is 16.6 Å². The summed E-state index contributed by atoms with van der Waals surface area (Å²) in [5.74, 6) is -0.242. The van der Waals surface area contributed by atoms with Crippen molar-refractivity contribution in [3.05, 3.63) is 80.3 Å².